The minimum Gasteiger partial charge on any atom is -0.478 e. The first-order chi connectivity index (χ1) is 5.45. The highest BCUT2D eigenvalue weighted by Gasteiger charge is 2.10. The number of carboxylic acid groups (broad SMARTS) is 1. The van der Waals surface area contributed by atoms with Gasteiger partial charge in [0, 0.05) is 5.57 Å². The van der Waals surface area contributed by atoms with Gasteiger partial charge >= 0.3 is 5.97 Å². The van der Waals surface area contributed by atoms with Gasteiger partial charge in [-0.2, -0.15) is 0 Å². The second-order valence-corrected chi connectivity index (χ2v) is 3.75. The molecule has 0 aromatic heterocycles. The van der Waals surface area contributed by atoms with Crippen molar-refractivity contribution in [1.82, 2.24) is 0 Å². The first-order valence-electron chi connectivity index (χ1n) is 4.38. The molecule has 0 amide bonds. The van der Waals surface area contributed by atoms with E-state index in [1.54, 1.807) is 0 Å². The lowest BCUT2D eigenvalue weighted by Gasteiger charge is -2.06. The molecule has 0 aromatic carbocycles. The molecular formula is C10H18O2. The summed E-state index contributed by atoms with van der Waals surface area (Å²) in [4.78, 5) is 10.7. The number of carbonyl (C=O) groups is 1. The van der Waals surface area contributed by atoms with Crippen molar-refractivity contribution in [3.8, 4) is 0 Å². The lowest BCUT2D eigenvalue weighted by Crippen LogP contribution is -2.07. The topological polar surface area (TPSA) is 37.3 Å². The maximum atomic E-state index is 10.7. The van der Waals surface area contributed by atoms with Gasteiger partial charge in [-0.05, 0) is 18.3 Å². The SMILES string of the molecule is CC(C)CC=C(C(=O)O)C(C)C. The molecule has 0 rings (SSSR count). The quantitative estimate of drug-likeness (QED) is 0.659. The van der Waals surface area contributed by atoms with Crippen LogP contribution in [0.3, 0.4) is 0 Å². The van der Waals surface area contributed by atoms with Gasteiger partial charge in [0.1, 0.15) is 0 Å². The third-order valence-corrected chi connectivity index (χ3v) is 1.68. The maximum absolute atomic E-state index is 10.7. The zero-order chi connectivity index (χ0) is 9.72. The minimum atomic E-state index is -0.786. The van der Waals surface area contributed by atoms with Gasteiger partial charge < -0.3 is 5.11 Å². The van der Waals surface area contributed by atoms with Crippen molar-refractivity contribution in [1.29, 1.82) is 0 Å². The molecule has 0 unspecified atom stereocenters. The van der Waals surface area contributed by atoms with Crippen molar-refractivity contribution < 1.29 is 9.90 Å². The molecule has 2 heteroatoms. The number of carboxylic acids is 1. The fraction of sp³-hybridized carbons (Fsp3) is 0.700. The average Bonchev–Trinajstić information content (AvgIpc) is 1.84. The van der Waals surface area contributed by atoms with Gasteiger partial charge in [-0.1, -0.05) is 33.8 Å². The summed E-state index contributed by atoms with van der Waals surface area (Å²) in [6, 6.07) is 0. The van der Waals surface area contributed by atoms with Crippen LogP contribution in [0.1, 0.15) is 34.1 Å². The normalized spacial score (nSPS) is 12.7. The Labute approximate surface area is 74.3 Å². The minimum absolute atomic E-state index is 0.112. The zero-order valence-electron chi connectivity index (χ0n) is 8.29. The van der Waals surface area contributed by atoms with Crippen LogP contribution in [0, 0.1) is 11.8 Å². The van der Waals surface area contributed by atoms with Crippen molar-refractivity contribution in [3.05, 3.63) is 11.6 Å². The summed E-state index contributed by atoms with van der Waals surface area (Å²) in [6.45, 7) is 7.97. The van der Waals surface area contributed by atoms with E-state index < -0.39 is 5.97 Å². The Balaban J connectivity index is 4.30. The van der Waals surface area contributed by atoms with E-state index in [9.17, 15) is 4.79 Å². The third kappa shape index (κ3) is 4.16. The monoisotopic (exact) mass is 170 g/mol. The predicted octanol–water partition coefficient (Wildman–Crippen LogP) is 2.70. The number of aliphatic carboxylic acids is 1. The number of rotatable bonds is 4. The van der Waals surface area contributed by atoms with E-state index in [1.165, 1.54) is 0 Å². The van der Waals surface area contributed by atoms with Gasteiger partial charge in [0.15, 0.2) is 0 Å². The Bertz CT molecular complexity index is 178. The summed E-state index contributed by atoms with van der Waals surface area (Å²) in [5.41, 5.74) is 0.531. The second-order valence-electron chi connectivity index (χ2n) is 3.75. The lowest BCUT2D eigenvalue weighted by atomic mass is 10.00. The molecule has 0 saturated heterocycles. The molecule has 0 aliphatic heterocycles. The smallest absolute Gasteiger partial charge is 0.331 e. The summed E-state index contributed by atoms with van der Waals surface area (Å²) in [5, 5.41) is 8.79. The predicted molar refractivity (Wildman–Crippen MR) is 50.0 cm³/mol. The molecule has 2 nitrogen and oxygen atoms in total. The molecule has 0 spiro atoms. The van der Waals surface area contributed by atoms with Crippen LogP contribution in [0.15, 0.2) is 11.6 Å². The average molecular weight is 170 g/mol. The molecule has 0 aromatic rings. The van der Waals surface area contributed by atoms with Crippen LogP contribution in [0.25, 0.3) is 0 Å². The Kier molecular flexibility index (Phi) is 4.64. The molecule has 12 heavy (non-hydrogen) atoms. The highest BCUT2D eigenvalue weighted by Crippen LogP contribution is 2.12. The molecule has 0 radical (unpaired) electrons. The van der Waals surface area contributed by atoms with Gasteiger partial charge in [-0.15, -0.1) is 0 Å². The van der Waals surface area contributed by atoms with E-state index in [0.717, 1.165) is 6.42 Å². The summed E-state index contributed by atoms with van der Waals surface area (Å²) >= 11 is 0. The third-order valence-electron chi connectivity index (χ3n) is 1.68. The molecule has 0 heterocycles. The van der Waals surface area contributed by atoms with E-state index >= 15 is 0 Å². The Morgan fingerprint density at radius 3 is 2.08 bits per heavy atom. The summed E-state index contributed by atoms with van der Waals surface area (Å²) in [6.07, 6.45) is 2.68. The van der Waals surface area contributed by atoms with E-state index in [1.807, 2.05) is 19.9 Å². The second kappa shape index (κ2) is 4.96. The van der Waals surface area contributed by atoms with Crippen LogP contribution in [0.5, 0.6) is 0 Å². The van der Waals surface area contributed by atoms with Gasteiger partial charge in [-0.3, -0.25) is 0 Å². The van der Waals surface area contributed by atoms with E-state index in [0.29, 0.717) is 11.5 Å². The van der Waals surface area contributed by atoms with Crippen molar-refractivity contribution in [2.24, 2.45) is 11.8 Å². The lowest BCUT2D eigenvalue weighted by molar-refractivity contribution is -0.133. The van der Waals surface area contributed by atoms with Crippen LogP contribution in [-0.4, -0.2) is 11.1 Å². The molecule has 0 saturated carbocycles. The molecule has 0 aliphatic carbocycles. The van der Waals surface area contributed by atoms with Crippen LogP contribution < -0.4 is 0 Å². The van der Waals surface area contributed by atoms with E-state index in [4.69, 9.17) is 5.11 Å². The van der Waals surface area contributed by atoms with Crippen LogP contribution in [-0.2, 0) is 4.79 Å². The van der Waals surface area contributed by atoms with Gasteiger partial charge in [-0.25, -0.2) is 4.79 Å². The molecule has 0 atom stereocenters. The van der Waals surface area contributed by atoms with Crippen molar-refractivity contribution >= 4 is 5.97 Å². The molecule has 0 fully saturated rings. The Morgan fingerprint density at radius 2 is 1.83 bits per heavy atom. The van der Waals surface area contributed by atoms with Crippen molar-refractivity contribution in [3.63, 3.8) is 0 Å². The molecule has 0 aliphatic rings. The maximum Gasteiger partial charge on any atom is 0.331 e. The van der Waals surface area contributed by atoms with Crippen LogP contribution in [0.4, 0.5) is 0 Å². The van der Waals surface area contributed by atoms with Crippen molar-refractivity contribution in [2.75, 3.05) is 0 Å². The summed E-state index contributed by atoms with van der Waals surface area (Å²) in [5.74, 6) is -0.148. The molecule has 0 bridgehead atoms. The van der Waals surface area contributed by atoms with Gasteiger partial charge in [0.2, 0.25) is 0 Å². The van der Waals surface area contributed by atoms with Gasteiger partial charge in [0.05, 0.1) is 0 Å². The molecule has 70 valence electrons. The number of hydrogen-bond acceptors (Lipinski definition) is 1. The fourth-order valence-electron chi connectivity index (χ4n) is 0.933. The Hall–Kier alpha value is -0.790. The summed E-state index contributed by atoms with van der Waals surface area (Å²) in [7, 11) is 0. The molecule has 1 N–H and O–H groups in total. The highest BCUT2D eigenvalue weighted by atomic mass is 16.4. The van der Waals surface area contributed by atoms with Gasteiger partial charge in [0.25, 0.3) is 0 Å². The van der Waals surface area contributed by atoms with Crippen LogP contribution in [0.2, 0.25) is 0 Å². The van der Waals surface area contributed by atoms with Crippen LogP contribution >= 0.6 is 0 Å². The van der Waals surface area contributed by atoms with E-state index in [-0.39, 0.29) is 5.92 Å². The summed E-state index contributed by atoms with van der Waals surface area (Å²) < 4.78 is 0. The molecular weight excluding hydrogens is 152 g/mol. The highest BCUT2D eigenvalue weighted by molar-refractivity contribution is 5.86. The largest absolute Gasteiger partial charge is 0.478 e. The van der Waals surface area contributed by atoms with Crippen molar-refractivity contribution in [2.45, 2.75) is 34.1 Å². The number of hydrogen-bond donors (Lipinski definition) is 1. The Morgan fingerprint density at radius 1 is 1.33 bits per heavy atom. The standard InChI is InChI=1S/C10H18O2/c1-7(2)5-6-9(8(3)4)10(11)12/h6-8H,5H2,1-4H3,(H,11,12). The zero-order valence-corrected chi connectivity index (χ0v) is 8.29. The first-order valence-corrected chi connectivity index (χ1v) is 4.38. The number of allylic oxidation sites excluding steroid dienone is 1. The van der Waals surface area contributed by atoms with E-state index in [2.05, 4.69) is 13.8 Å². The fourth-order valence-corrected chi connectivity index (χ4v) is 0.933. The first kappa shape index (κ1) is 11.2.